The number of nitrogens with one attached hydrogen (secondary N) is 1. The molecule has 2 aromatic rings. The molecule has 0 saturated heterocycles. The predicted molar refractivity (Wildman–Crippen MR) is 83.1 cm³/mol. The van der Waals surface area contributed by atoms with E-state index in [4.69, 9.17) is 0 Å². The molecule has 0 radical (unpaired) electrons. The van der Waals surface area contributed by atoms with E-state index >= 15 is 0 Å². The molecule has 0 aromatic heterocycles. The van der Waals surface area contributed by atoms with Crippen LogP contribution in [-0.2, 0) is 4.79 Å². The van der Waals surface area contributed by atoms with Crippen LogP contribution in [0.25, 0.3) is 0 Å². The fraction of sp³-hybridized carbons (Fsp3) is 0.176. The van der Waals surface area contributed by atoms with Crippen molar-refractivity contribution in [1.82, 2.24) is 5.32 Å². The second-order valence-corrected chi connectivity index (χ2v) is 5.13. The molecule has 2 rings (SSSR count). The van der Waals surface area contributed by atoms with E-state index < -0.39 is 34.7 Å². The molecule has 0 spiro atoms. The molecule has 0 atom stereocenters. The lowest BCUT2D eigenvalue weighted by atomic mass is 10.2. The summed E-state index contributed by atoms with van der Waals surface area (Å²) in [5.41, 5.74) is -0.225. The summed E-state index contributed by atoms with van der Waals surface area (Å²) >= 11 is 0. The van der Waals surface area contributed by atoms with Crippen LogP contribution in [0.2, 0.25) is 0 Å². The lowest BCUT2D eigenvalue weighted by Gasteiger charge is -2.21. The van der Waals surface area contributed by atoms with Crippen molar-refractivity contribution in [1.29, 1.82) is 0 Å². The molecule has 0 saturated carbocycles. The molecule has 132 valence electrons. The molecule has 2 amide bonds. The summed E-state index contributed by atoms with van der Waals surface area (Å²) in [6.07, 6.45) is 0. The zero-order chi connectivity index (χ0) is 18.6. The van der Waals surface area contributed by atoms with Crippen LogP contribution in [0.15, 0.2) is 36.4 Å². The quantitative estimate of drug-likeness (QED) is 0.663. The van der Waals surface area contributed by atoms with Crippen LogP contribution in [0, 0.1) is 23.3 Å². The number of benzene rings is 2. The van der Waals surface area contributed by atoms with E-state index in [9.17, 15) is 27.2 Å². The number of carbonyl (C=O) groups is 2. The van der Waals surface area contributed by atoms with Crippen LogP contribution in [-0.4, -0.2) is 24.9 Å². The first-order valence-corrected chi connectivity index (χ1v) is 7.26. The highest BCUT2D eigenvalue weighted by atomic mass is 19.2. The second kappa shape index (κ2) is 7.78. The normalized spacial score (nSPS) is 10.4. The minimum atomic E-state index is -1.73. The monoisotopic (exact) mass is 354 g/mol. The molecular formula is C17H14F4N2O2. The zero-order valence-electron chi connectivity index (χ0n) is 13.2. The Bertz CT molecular complexity index is 794. The maximum absolute atomic E-state index is 13.6. The van der Waals surface area contributed by atoms with Crippen LogP contribution >= 0.6 is 0 Å². The molecular weight excluding hydrogens is 340 g/mol. The summed E-state index contributed by atoms with van der Waals surface area (Å²) in [5.74, 6) is -6.47. The standard InChI is InChI=1S/C17H14F4N2O2/c1-10(24)23(12-4-2-11(18)3-5-12)9-8-22-17(25)13-6-7-14(19)16(21)15(13)20/h2-7H,8-9H2,1H3,(H,22,25). The Morgan fingerprint density at radius 1 is 0.960 bits per heavy atom. The molecule has 0 bridgehead atoms. The van der Waals surface area contributed by atoms with E-state index in [0.717, 1.165) is 6.07 Å². The van der Waals surface area contributed by atoms with Crippen molar-refractivity contribution in [2.45, 2.75) is 6.92 Å². The topological polar surface area (TPSA) is 49.4 Å². The molecule has 0 heterocycles. The molecule has 4 nitrogen and oxygen atoms in total. The van der Waals surface area contributed by atoms with Gasteiger partial charge < -0.3 is 10.2 Å². The van der Waals surface area contributed by atoms with Crippen LogP contribution in [0.5, 0.6) is 0 Å². The van der Waals surface area contributed by atoms with Gasteiger partial charge >= 0.3 is 0 Å². The Balaban J connectivity index is 2.02. The van der Waals surface area contributed by atoms with Gasteiger partial charge in [0.05, 0.1) is 5.56 Å². The molecule has 8 heteroatoms. The van der Waals surface area contributed by atoms with Gasteiger partial charge in [0.15, 0.2) is 17.5 Å². The van der Waals surface area contributed by atoms with Crippen LogP contribution in [0.1, 0.15) is 17.3 Å². The number of hydrogen-bond donors (Lipinski definition) is 1. The number of nitrogens with zero attached hydrogens (tertiary/aromatic N) is 1. The van der Waals surface area contributed by atoms with Gasteiger partial charge in [-0.05, 0) is 36.4 Å². The Morgan fingerprint density at radius 2 is 1.60 bits per heavy atom. The van der Waals surface area contributed by atoms with Crippen molar-refractivity contribution in [3.05, 3.63) is 65.2 Å². The Labute approximate surface area is 141 Å². The number of anilines is 1. The summed E-state index contributed by atoms with van der Waals surface area (Å²) in [4.78, 5) is 24.8. The smallest absolute Gasteiger partial charge is 0.254 e. The third kappa shape index (κ3) is 4.34. The fourth-order valence-corrected chi connectivity index (χ4v) is 2.17. The number of halogens is 4. The van der Waals surface area contributed by atoms with Gasteiger partial charge in [-0.3, -0.25) is 9.59 Å². The van der Waals surface area contributed by atoms with Gasteiger partial charge in [-0.2, -0.15) is 0 Å². The van der Waals surface area contributed by atoms with E-state index in [0.29, 0.717) is 11.8 Å². The first-order valence-electron chi connectivity index (χ1n) is 7.26. The van der Waals surface area contributed by atoms with Gasteiger partial charge in [0.1, 0.15) is 5.82 Å². The summed E-state index contributed by atoms with van der Waals surface area (Å²) in [5, 5.41) is 2.32. The maximum atomic E-state index is 13.6. The first-order chi connectivity index (χ1) is 11.8. The highest BCUT2D eigenvalue weighted by Crippen LogP contribution is 2.16. The number of amides is 2. The van der Waals surface area contributed by atoms with Gasteiger partial charge in [-0.15, -0.1) is 0 Å². The number of rotatable bonds is 5. The lowest BCUT2D eigenvalue weighted by molar-refractivity contribution is -0.116. The average molecular weight is 354 g/mol. The van der Waals surface area contributed by atoms with Gasteiger partial charge in [-0.1, -0.05) is 0 Å². The van der Waals surface area contributed by atoms with E-state index in [-0.39, 0.29) is 19.0 Å². The Kier molecular flexibility index (Phi) is 5.74. The van der Waals surface area contributed by atoms with E-state index in [1.54, 1.807) is 0 Å². The Hall–Kier alpha value is -2.90. The highest BCUT2D eigenvalue weighted by molar-refractivity contribution is 5.95. The highest BCUT2D eigenvalue weighted by Gasteiger charge is 2.19. The molecule has 1 N–H and O–H groups in total. The van der Waals surface area contributed by atoms with E-state index in [1.165, 1.54) is 36.1 Å². The minimum Gasteiger partial charge on any atom is -0.350 e. The molecule has 0 aliphatic rings. The summed E-state index contributed by atoms with van der Waals surface area (Å²) in [6.45, 7) is 1.24. The van der Waals surface area contributed by atoms with Crippen molar-refractivity contribution in [2.24, 2.45) is 0 Å². The van der Waals surface area contributed by atoms with Crippen molar-refractivity contribution in [3.63, 3.8) is 0 Å². The van der Waals surface area contributed by atoms with Crippen molar-refractivity contribution in [3.8, 4) is 0 Å². The van der Waals surface area contributed by atoms with Gasteiger partial charge in [0, 0.05) is 25.7 Å². The predicted octanol–water partition coefficient (Wildman–Crippen LogP) is 3.03. The van der Waals surface area contributed by atoms with E-state index in [2.05, 4.69) is 5.32 Å². The molecule has 2 aromatic carbocycles. The third-order valence-corrected chi connectivity index (χ3v) is 3.42. The molecule has 0 aliphatic carbocycles. The molecule has 0 unspecified atom stereocenters. The SMILES string of the molecule is CC(=O)N(CCNC(=O)c1ccc(F)c(F)c1F)c1ccc(F)cc1. The molecule has 0 fully saturated rings. The zero-order valence-corrected chi connectivity index (χ0v) is 13.2. The molecule has 0 aliphatic heterocycles. The lowest BCUT2D eigenvalue weighted by Crippen LogP contribution is -2.37. The fourth-order valence-electron chi connectivity index (χ4n) is 2.17. The summed E-state index contributed by atoms with van der Waals surface area (Å²) < 4.78 is 52.5. The maximum Gasteiger partial charge on any atom is 0.254 e. The van der Waals surface area contributed by atoms with Crippen molar-refractivity contribution < 1.29 is 27.2 Å². The van der Waals surface area contributed by atoms with Crippen molar-refractivity contribution >= 4 is 17.5 Å². The second-order valence-electron chi connectivity index (χ2n) is 5.13. The van der Waals surface area contributed by atoms with Gasteiger partial charge in [-0.25, -0.2) is 17.6 Å². The first kappa shape index (κ1) is 18.4. The average Bonchev–Trinajstić information content (AvgIpc) is 2.57. The van der Waals surface area contributed by atoms with Crippen LogP contribution < -0.4 is 10.2 Å². The summed E-state index contributed by atoms with van der Waals surface area (Å²) in [6, 6.07) is 6.63. The minimum absolute atomic E-state index is 0.0258. The van der Waals surface area contributed by atoms with Gasteiger partial charge in [0.2, 0.25) is 5.91 Å². The Morgan fingerprint density at radius 3 is 2.20 bits per heavy atom. The van der Waals surface area contributed by atoms with Crippen LogP contribution in [0.4, 0.5) is 23.2 Å². The number of carbonyl (C=O) groups excluding carboxylic acids is 2. The number of hydrogen-bond acceptors (Lipinski definition) is 2. The molecule has 25 heavy (non-hydrogen) atoms. The largest absolute Gasteiger partial charge is 0.350 e. The van der Waals surface area contributed by atoms with Crippen molar-refractivity contribution in [2.75, 3.05) is 18.0 Å². The van der Waals surface area contributed by atoms with E-state index in [1.807, 2.05) is 0 Å². The van der Waals surface area contributed by atoms with Gasteiger partial charge in [0.25, 0.3) is 5.91 Å². The third-order valence-electron chi connectivity index (χ3n) is 3.42. The van der Waals surface area contributed by atoms with Crippen LogP contribution in [0.3, 0.4) is 0 Å². The summed E-state index contributed by atoms with van der Waals surface area (Å²) in [7, 11) is 0.